The molecule has 246 valence electrons. The lowest BCUT2D eigenvalue weighted by Gasteiger charge is -2.34. The number of hydrogen-bond acceptors (Lipinski definition) is 4. The van der Waals surface area contributed by atoms with E-state index in [1.165, 1.54) is 0 Å². The van der Waals surface area contributed by atoms with Gasteiger partial charge in [-0.1, -0.05) is 108 Å². The van der Waals surface area contributed by atoms with Crippen molar-refractivity contribution in [3.8, 4) is 0 Å². The number of rotatable bonds is 12. The topological polar surface area (TPSA) is 86.8 Å². The van der Waals surface area contributed by atoms with Crippen LogP contribution >= 0.6 is 11.6 Å². The van der Waals surface area contributed by atoms with Crippen molar-refractivity contribution < 1.29 is 18.0 Å². The van der Waals surface area contributed by atoms with E-state index in [1.54, 1.807) is 54.3 Å². The van der Waals surface area contributed by atoms with Crippen molar-refractivity contribution in [1.29, 1.82) is 0 Å². The van der Waals surface area contributed by atoms with Gasteiger partial charge in [0.05, 0.1) is 10.6 Å². The molecule has 4 aromatic rings. The predicted molar refractivity (Wildman–Crippen MR) is 188 cm³/mol. The maximum atomic E-state index is 14.7. The van der Waals surface area contributed by atoms with Crippen molar-refractivity contribution in [2.45, 2.75) is 76.4 Å². The van der Waals surface area contributed by atoms with Crippen LogP contribution in [0.2, 0.25) is 5.02 Å². The number of anilines is 1. The van der Waals surface area contributed by atoms with Crippen LogP contribution in [-0.2, 0) is 32.6 Å². The summed E-state index contributed by atoms with van der Waals surface area (Å²) < 4.78 is 29.8. The minimum absolute atomic E-state index is 0.0459. The van der Waals surface area contributed by atoms with Gasteiger partial charge in [0, 0.05) is 24.0 Å². The summed E-state index contributed by atoms with van der Waals surface area (Å²) in [5.74, 6) is -0.740. The van der Waals surface area contributed by atoms with E-state index >= 15 is 0 Å². The van der Waals surface area contributed by atoms with Crippen LogP contribution in [0.25, 0.3) is 0 Å². The van der Waals surface area contributed by atoms with Crippen LogP contribution < -0.4 is 9.62 Å². The second-order valence-corrected chi connectivity index (χ2v) is 14.8. The Morgan fingerprint density at radius 3 is 2.09 bits per heavy atom. The molecule has 0 bridgehead atoms. The minimum Gasteiger partial charge on any atom is -0.352 e. The fourth-order valence-corrected chi connectivity index (χ4v) is 7.65. The Morgan fingerprint density at radius 1 is 0.830 bits per heavy atom. The summed E-state index contributed by atoms with van der Waals surface area (Å²) in [6, 6.07) is 28.1. The minimum atomic E-state index is -4.21. The van der Waals surface area contributed by atoms with Gasteiger partial charge in [-0.3, -0.25) is 13.9 Å². The van der Waals surface area contributed by atoms with Crippen LogP contribution in [0, 0.1) is 20.8 Å². The molecule has 1 fully saturated rings. The van der Waals surface area contributed by atoms with Gasteiger partial charge >= 0.3 is 0 Å². The lowest BCUT2D eigenvalue weighted by atomic mass is 10.0. The van der Waals surface area contributed by atoms with E-state index < -0.39 is 28.5 Å². The first-order valence-electron chi connectivity index (χ1n) is 16.1. The Bertz CT molecular complexity index is 1790. The SMILES string of the molecule is Cc1ccc(CN(C(=O)CN(c2cc(Cl)ccc2C)S(=O)(=O)c2ccc(C)cc2)C(Cc2ccccc2)C(=O)NC2CCCC2)cc1. The average Bonchev–Trinajstić information content (AvgIpc) is 3.57. The number of nitrogens with zero attached hydrogens (tertiary/aromatic N) is 2. The summed E-state index contributed by atoms with van der Waals surface area (Å²) in [5, 5.41) is 3.55. The van der Waals surface area contributed by atoms with E-state index in [9.17, 15) is 18.0 Å². The van der Waals surface area contributed by atoms with Gasteiger partial charge in [-0.05, 0) is 74.6 Å². The van der Waals surface area contributed by atoms with Crippen LogP contribution in [0.15, 0.2) is 102 Å². The number of nitrogens with one attached hydrogen (secondary N) is 1. The largest absolute Gasteiger partial charge is 0.352 e. The van der Waals surface area contributed by atoms with E-state index in [1.807, 2.05) is 68.4 Å². The molecular formula is C38H42ClN3O4S. The molecule has 1 aliphatic rings. The van der Waals surface area contributed by atoms with Gasteiger partial charge < -0.3 is 10.2 Å². The van der Waals surface area contributed by atoms with Gasteiger partial charge in [0.15, 0.2) is 0 Å². The second-order valence-electron chi connectivity index (χ2n) is 12.5. The maximum Gasteiger partial charge on any atom is 0.264 e. The fourth-order valence-electron chi connectivity index (χ4n) is 6.01. The van der Waals surface area contributed by atoms with E-state index in [4.69, 9.17) is 11.6 Å². The van der Waals surface area contributed by atoms with Crippen molar-refractivity contribution in [2.75, 3.05) is 10.8 Å². The van der Waals surface area contributed by atoms with Crippen molar-refractivity contribution in [3.05, 3.63) is 130 Å². The van der Waals surface area contributed by atoms with E-state index in [0.29, 0.717) is 16.3 Å². The van der Waals surface area contributed by atoms with Gasteiger partial charge in [-0.2, -0.15) is 0 Å². The smallest absolute Gasteiger partial charge is 0.264 e. The zero-order valence-corrected chi connectivity index (χ0v) is 28.7. The molecule has 0 aliphatic heterocycles. The number of carbonyl (C=O) groups excluding carboxylic acids is 2. The third-order valence-electron chi connectivity index (χ3n) is 8.77. The Morgan fingerprint density at radius 2 is 1.45 bits per heavy atom. The van der Waals surface area contributed by atoms with E-state index in [-0.39, 0.29) is 29.8 Å². The highest BCUT2D eigenvalue weighted by atomic mass is 35.5. The maximum absolute atomic E-state index is 14.7. The summed E-state index contributed by atoms with van der Waals surface area (Å²) in [4.78, 5) is 30.4. The van der Waals surface area contributed by atoms with Crippen molar-refractivity contribution in [1.82, 2.24) is 10.2 Å². The number of aryl methyl sites for hydroxylation is 3. The van der Waals surface area contributed by atoms with Gasteiger partial charge in [-0.15, -0.1) is 0 Å². The first-order valence-corrected chi connectivity index (χ1v) is 17.9. The molecule has 9 heteroatoms. The van der Waals surface area contributed by atoms with Crippen LogP contribution in [0.3, 0.4) is 0 Å². The molecule has 5 rings (SSSR count). The summed E-state index contributed by atoms with van der Waals surface area (Å²) in [5.41, 5.74) is 4.66. The molecular weight excluding hydrogens is 630 g/mol. The molecule has 1 N–H and O–H groups in total. The molecule has 1 atom stereocenters. The third-order valence-corrected chi connectivity index (χ3v) is 10.8. The molecule has 0 heterocycles. The average molecular weight is 672 g/mol. The third kappa shape index (κ3) is 8.62. The summed E-state index contributed by atoms with van der Waals surface area (Å²) >= 11 is 6.39. The Labute approximate surface area is 283 Å². The summed E-state index contributed by atoms with van der Waals surface area (Å²) in [6.07, 6.45) is 4.16. The Hall–Kier alpha value is -4.14. The highest BCUT2D eigenvalue weighted by Gasteiger charge is 2.36. The molecule has 0 spiro atoms. The van der Waals surface area contributed by atoms with Crippen molar-refractivity contribution >= 4 is 39.1 Å². The lowest BCUT2D eigenvalue weighted by molar-refractivity contribution is -0.140. The highest BCUT2D eigenvalue weighted by Crippen LogP contribution is 2.30. The van der Waals surface area contributed by atoms with E-state index in [2.05, 4.69) is 5.32 Å². The molecule has 0 aromatic heterocycles. The first kappa shape index (κ1) is 34.2. The summed E-state index contributed by atoms with van der Waals surface area (Å²) in [7, 11) is -4.21. The Kier molecular flexibility index (Phi) is 11.0. The second kappa shape index (κ2) is 15.2. The van der Waals surface area contributed by atoms with Gasteiger partial charge in [0.2, 0.25) is 11.8 Å². The molecule has 0 saturated heterocycles. The molecule has 4 aromatic carbocycles. The molecule has 1 unspecified atom stereocenters. The zero-order valence-electron chi connectivity index (χ0n) is 27.2. The van der Waals surface area contributed by atoms with Crippen LogP contribution in [0.5, 0.6) is 0 Å². The molecule has 7 nitrogen and oxygen atoms in total. The molecule has 47 heavy (non-hydrogen) atoms. The van der Waals surface area contributed by atoms with Crippen molar-refractivity contribution in [2.24, 2.45) is 0 Å². The normalized spacial score (nSPS) is 14.0. The quantitative estimate of drug-likeness (QED) is 0.173. The molecule has 2 amide bonds. The predicted octanol–water partition coefficient (Wildman–Crippen LogP) is 7.16. The molecule has 0 radical (unpaired) electrons. The monoisotopic (exact) mass is 671 g/mol. The van der Waals surface area contributed by atoms with Crippen LogP contribution in [-0.4, -0.2) is 43.8 Å². The van der Waals surface area contributed by atoms with E-state index in [0.717, 1.165) is 52.2 Å². The van der Waals surface area contributed by atoms with Gasteiger partial charge in [-0.25, -0.2) is 8.42 Å². The number of hydrogen-bond donors (Lipinski definition) is 1. The van der Waals surface area contributed by atoms with Crippen LogP contribution in [0.1, 0.15) is 53.5 Å². The van der Waals surface area contributed by atoms with Gasteiger partial charge in [0.1, 0.15) is 12.6 Å². The lowest BCUT2D eigenvalue weighted by Crippen LogP contribution is -2.54. The number of amides is 2. The zero-order chi connectivity index (χ0) is 33.6. The number of carbonyl (C=O) groups is 2. The fraction of sp³-hybridized carbons (Fsp3) is 0.316. The number of halogens is 1. The van der Waals surface area contributed by atoms with Crippen molar-refractivity contribution in [3.63, 3.8) is 0 Å². The highest BCUT2D eigenvalue weighted by molar-refractivity contribution is 7.92. The van der Waals surface area contributed by atoms with Crippen LogP contribution in [0.4, 0.5) is 5.69 Å². The Balaban J connectivity index is 1.58. The number of benzene rings is 4. The molecule has 1 aliphatic carbocycles. The van der Waals surface area contributed by atoms with Gasteiger partial charge in [0.25, 0.3) is 10.0 Å². The standard InChI is InChI=1S/C38H42ClN3O4S/c1-27-13-18-31(19-14-27)25-41(36(23-30-9-5-4-6-10-30)38(44)40-33-11-7-8-12-33)37(43)26-42(35-24-32(39)20-17-29(35)3)47(45,46)34-21-15-28(2)16-22-34/h4-6,9-10,13-22,24,33,36H,7-8,11-12,23,25-26H2,1-3H3,(H,40,44). The first-order chi connectivity index (χ1) is 22.5. The summed E-state index contributed by atoms with van der Waals surface area (Å²) in [6.45, 7) is 5.25. The molecule has 1 saturated carbocycles. The number of sulfonamides is 1.